The Bertz CT molecular complexity index is 169. The van der Waals surface area contributed by atoms with Crippen molar-refractivity contribution in [1.82, 2.24) is 15.1 Å². The molecule has 1 N–H and O–H groups in total. The van der Waals surface area contributed by atoms with Gasteiger partial charge in [-0.15, -0.1) is 0 Å². The highest BCUT2D eigenvalue weighted by Gasteiger charge is 2.33. The van der Waals surface area contributed by atoms with Crippen LogP contribution in [0.1, 0.15) is 13.3 Å². The molecule has 0 spiro atoms. The van der Waals surface area contributed by atoms with Gasteiger partial charge in [-0.05, 0) is 27.4 Å². The lowest BCUT2D eigenvalue weighted by atomic mass is 10.1. The van der Waals surface area contributed by atoms with E-state index in [0.29, 0.717) is 0 Å². The molecule has 2 fully saturated rings. The highest BCUT2D eigenvalue weighted by atomic mass is 15.3. The molecule has 0 amide bonds. The van der Waals surface area contributed by atoms with E-state index in [4.69, 9.17) is 0 Å². The highest BCUT2D eigenvalue weighted by Crippen LogP contribution is 2.21. The van der Waals surface area contributed by atoms with E-state index >= 15 is 0 Å². The van der Waals surface area contributed by atoms with Crippen molar-refractivity contribution in [3.63, 3.8) is 0 Å². The van der Waals surface area contributed by atoms with E-state index < -0.39 is 0 Å². The number of likely N-dealkylation sites (tertiary alicyclic amines) is 1. The average molecular weight is 183 g/mol. The van der Waals surface area contributed by atoms with Gasteiger partial charge >= 0.3 is 0 Å². The predicted molar refractivity (Wildman–Crippen MR) is 54.9 cm³/mol. The Kier molecular flexibility index (Phi) is 2.58. The first-order valence-corrected chi connectivity index (χ1v) is 5.31. The van der Waals surface area contributed by atoms with E-state index in [-0.39, 0.29) is 0 Å². The molecule has 0 bridgehead atoms. The summed E-state index contributed by atoms with van der Waals surface area (Å²) in [4.78, 5) is 5.03. The Morgan fingerprint density at radius 2 is 2.00 bits per heavy atom. The monoisotopic (exact) mass is 183 g/mol. The third-order valence-corrected chi connectivity index (χ3v) is 3.78. The van der Waals surface area contributed by atoms with Crippen molar-refractivity contribution in [3.8, 4) is 0 Å². The molecule has 2 aliphatic heterocycles. The Hall–Kier alpha value is -0.120. The maximum Gasteiger partial charge on any atom is 0.0345 e. The molecular formula is C10H21N3. The van der Waals surface area contributed by atoms with Crippen molar-refractivity contribution < 1.29 is 0 Å². The van der Waals surface area contributed by atoms with Gasteiger partial charge in [0.2, 0.25) is 0 Å². The number of likely N-dealkylation sites (N-methyl/N-ethyl adjacent to an activating group) is 2. The molecule has 2 rings (SSSR count). The fourth-order valence-electron chi connectivity index (χ4n) is 2.32. The van der Waals surface area contributed by atoms with Crippen LogP contribution in [0.25, 0.3) is 0 Å². The topological polar surface area (TPSA) is 18.5 Å². The molecule has 0 aromatic heterocycles. The number of nitrogens with one attached hydrogen (secondary N) is 1. The largest absolute Gasteiger partial charge is 0.314 e. The number of hydrogen-bond acceptors (Lipinski definition) is 3. The van der Waals surface area contributed by atoms with Crippen LogP contribution >= 0.6 is 0 Å². The van der Waals surface area contributed by atoms with Crippen LogP contribution in [0.15, 0.2) is 0 Å². The fourth-order valence-corrected chi connectivity index (χ4v) is 2.32. The Labute approximate surface area is 81.1 Å². The molecule has 2 unspecified atom stereocenters. The molecular weight excluding hydrogens is 162 g/mol. The van der Waals surface area contributed by atoms with Gasteiger partial charge in [-0.25, -0.2) is 0 Å². The first kappa shape index (κ1) is 9.44. The second-order valence-electron chi connectivity index (χ2n) is 4.66. The highest BCUT2D eigenvalue weighted by molar-refractivity contribution is 4.92. The van der Waals surface area contributed by atoms with E-state index in [9.17, 15) is 0 Å². The van der Waals surface area contributed by atoms with Crippen LogP contribution in [0.3, 0.4) is 0 Å². The van der Waals surface area contributed by atoms with Gasteiger partial charge < -0.3 is 10.2 Å². The van der Waals surface area contributed by atoms with Crippen LogP contribution in [0.5, 0.6) is 0 Å². The maximum absolute atomic E-state index is 3.33. The van der Waals surface area contributed by atoms with Crippen LogP contribution < -0.4 is 5.32 Å². The summed E-state index contributed by atoms with van der Waals surface area (Å²) in [5.74, 6) is 0. The molecule has 76 valence electrons. The molecule has 0 aliphatic carbocycles. The van der Waals surface area contributed by atoms with Crippen molar-refractivity contribution in [1.29, 1.82) is 0 Å². The summed E-state index contributed by atoms with van der Waals surface area (Å²) >= 11 is 0. The van der Waals surface area contributed by atoms with Crippen LogP contribution in [0.2, 0.25) is 0 Å². The minimum Gasteiger partial charge on any atom is -0.314 e. The first-order chi connectivity index (χ1) is 6.18. The Morgan fingerprint density at radius 1 is 1.31 bits per heavy atom. The van der Waals surface area contributed by atoms with Crippen molar-refractivity contribution >= 4 is 0 Å². The van der Waals surface area contributed by atoms with Crippen molar-refractivity contribution in [2.24, 2.45) is 0 Å². The molecule has 3 nitrogen and oxygen atoms in total. The quantitative estimate of drug-likeness (QED) is 0.649. The zero-order valence-electron chi connectivity index (χ0n) is 8.95. The average Bonchev–Trinajstić information content (AvgIpc) is 2.28. The molecule has 2 aliphatic rings. The van der Waals surface area contributed by atoms with Gasteiger partial charge in [0.05, 0.1) is 0 Å². The molecule has 0 aromatic rings. The van der Waals surface area contributed by atoms with Gasteiger partial charge in [0.15, 0.2) is 0 Å². The molecule has 2 saturated heterocycles. The first-order valence-electron chi connectivity index (χ1n) is 5.31. The minimum absolute atomic E-state index is 0.764. The van der Waals surface area contributed by atoms with Crippen molar-refractivity contribution in [2.45, 2.75) is 31.5 Å². The SMILES string of the molecule is CC1CC(N(C)C2CNC2)CN1C. The molecule has 13 heavy (non-hydrogen) atoms. The molecule has 0 radical (unpaired) electrons. The fraction of sp³-hybridized carbons (Fsp3) is 1.00. The second-order valence-corrected chi connectivity index (χ2v) is 4.66. The zero-order chi connectivity index (χ0) is 9.42. The van der Waals surface area contributed by atoms with E-state index in [1.165, 1.54) is 26.1 Å². The summed E-state index contributed by atoms with van der Waals surface area (Å²) < 4.78 is 0. The van der Waals surface area contributed by atoms with Gasteiger partial charge in [0, 0.05) is 37.8 Å². The molecule has 2 atom stereocenters. The number of hydrogen-bond donors (Lipinski definition) is 1. The van der Waals surface area contributed by atoms with Gasteiger partial charge in [0.25, 0.3) is 0 Å². The summed E-state index contributed by atoms with van der Waals surface area (Å²) in [5.41, 5.74) is 0. The standard InChI is InChI=1S/C10H21N3/c1-8-4-9(7-12(8)2)13(3)10-5-11-6-10/h8-11H,4-7H2,1-3H3. The van der Waals surface area contributed by atoms with Crippen LogP contribution in [-0.4, -0.2) is 61.7 Å². The number of rotatable bonds is 2. The lowest BCUT2D eigenvalue weighted by molar-refractivity contribution is 0.130. The summed E-state index contributed by atoms with van der Waals surface area (Å²) in [6.07, 6.45) is 1.34. The molecule has 0 saturated carbocycles. The van der Waals surface area contributed by atoms with Gasteiger partial charge in [0.1, 0.15) is 0 Å². The zero-order valence-corrected chi connectivity index (χ0v) is 8.95. The Balaban J connectivity index is 1.87. The third kappa shape index (κ3) is 1.73. The van der Waals surface area contributed by atoms with Gasteiger partial charge in [-0.2, -0.15) is 0 Å². The van der Waals surface area contributed by atoms with Gasteiger partial charge in [-0.1, -0.05) is 0 Å². The summed E-state index contributed by atoms with van der Waals surface area (Å²) in [6, 6.07) is 2.34. The second kappa shape index (κ2) is 3.56. The maximum atomic E-state index is 3.33. The minimum atomic E-state index is 0.764. The molecule has 0 aromatic carbocycles. The van der Waals surface area contributed by atoms with Crippen LogP contribution in [0.4, 0.5) is 0 Å². The molecule has 2 heterocycles. The summed E-state index contributed by atoms with van der Waals surface area (Å²) in [7, 11) is 4.51. The predicted octanol–water partition coefficient (Wildman–Crippen LogP) is -0.0174. The molecule has 3 heteroatoms. The van der Waals surface area contributed by atoms with Crippen LogP contribution in [0, 0.1) is 0 Å². The van der Waals surface area contributed by atoms with Crippen molar-refractivity contribution in [2.75, 3.05) is 33.7 Å². The van der Waals surface area contributed by atoms with Crippen LogP contribution in [-0.2, 0) is 0 Å². The Morgan fingerprint density at radius 3 is 2.38 bits per heavy atom. The summed E-state index contributed by atoms with van der Waals surface area (Å²) in [5, 5.41) is 3.33. The van der Waals surface area contributed by atoms with Gasteiger partial charge in [-0.3, -0.25) is 4.90 Å². The lowest BCUT2D eigenvalue weighted by Gasteiger charge is -2.39. The van der Waals surface area contributed by atoms with E-state index in [2.05, 4.69) is 36.1 Å². The van der Waals surface area contributed by atoms with E-state index in [1.54, 1.807) is 0 Å². The lowest BCUT2D eigenvalue weighted by Crippen LogP contribution is -2.58. The third-order valence-electron chi connectivity index (χ3n) is 3.78. The number of nitrogens with zero attached hydrogens (tertiary/aromatic N) is 2. The van der Waals surface area contributed by atoms with Crippen molar-refractivity contribution in [3.05, 3.63) is 0 Å². The summed E-state index contributed by atoms with van der Waals surface area (Å²) in [6.45, 7) is 5.94. The van der Waals surface area contributed by atoms with E-state index in [0.717, 1.165) is 18.1 Å². The van der Waals surface area contributed by atoms with E-state index in [1.807, 2.05) is 0 Å². The smallest absolute Gasteiger partial charge is 0.0345 e. The normalized spacial score (nSPS) is 36.9.